The summed E-state index contributed by atoms with van der Waals surface area (Å²) < 4.78 is 40.2. The van der Waals surface area contributed by atoms with Crippen molar-refractivity contribution < 1.29 is 53.0 Å². The fourth-order valence-corrected chi connectivity index (χ4v) is 11.8. The molecule has 0 amide bonds. The molecule has 3 heterocycles. The Hall–Kier alpha value is -3.45. The van der Waals surface area contributed by atoms with Gasteiger partial charge in [0.05, 0.1) is 11.2 Å². The summed E-state index contributed by atoms with van der Waals surface area (Å²) in [7, 11) is 0. The van der Waals surface area contributed by atoms with Gasteiger partial charge in [0.15, 0.2) is 22.6 Å². The summed E-state index contributed by atoms with van der Waals surface area (Å²) in [6, 6.07) is 8.63. The molecule has 2 N–H and O–H groups in total. The standard InChI is InChI=1S/C53H74O11/c1-7-9-11-13-15-16-17-18-19-20-21-23-28-32-41(54)59-35-49-45(61-49)42-46-52(36(3)4)44(60-47(56)39-30-26-25-27-31-39)38(6)53(42,40-34-37(5)43(55)51(40,58)48(49)57)64-50(62-46,63-52)33-29-24-22-14-12-10-8-2/h22,24-27,29-31,33-34,38,40,42,44-46,48,57-58H,3,7-21,23,28,32,35H2,1-2,4-6H3/b24-22+,33-29+/t38-,40+,42+,44+,45-,46-,48-,49-,50-,51-,52+,53+/m1/s1. The number of ketones is 1. The van der Waals surface area contributed by atoms with E-state index in [0.717, 1.165) is 44.9 Å². The van der Waals surface area contributed by atoms with Crippen LogP contribution in [0.2, 0.25) is 0 Å². The van der Waals surface area contributed by atoms with Gasteiger partial charge in [0, 0.05) is 30.3 Å². The van der Waals surface area contributed by atoms with Gasteiger partial charge in [-0.2, -0.15) is 0 Å². The van der Waals surface area contributed by atoms with Gasteiger partial charge in [-0.25, -0.2) is 4.79 Å². The zero-order valence-electron chi connectivity index (χ0n) is 39.0. The number of carbonyl (C=O) groups excluding carboxylic acids is 3. The monoisotopic (exact) mass is 887 g/mol. The van der Waals surface area contributed by atoms with Gasteiger partial charge in [0.25, 0.3) is 0 Å². The van der Waals surface area contributed by atoms with Gasteiger partial charge in [-0.1, -0.05) is 160 Å². The molecule has 11 heteroatoms. The largest absolute Gasteiger partial charge is 0.462 e. The van der Waals surface area contributed by atoms with E-state index in [-0.39, 0.29) is 12.0 Å². The van der Waals surface area contributed by atoms with E-state index in [1.165, 1.54) is 57.8 Å². The summed E-state index contributed by atoms with van der Waals surface area (Å²) in [5, 5.41) is 25.4. The van der Waals surface area contributed by atoms with Crippen molar-refractivity contribution in [2.45, 2.75) is 203 Å². The van der Waals surface area contributed by atoms with Gasteiger partial charge in [-0.3, -0.25) is 9.59 Å². The van der Waals surface area contributed by atoms with E-state index < -0.39 is 94.9 Å². The second kappa shape index (κ2) is 20.2. The van der Waals surface area contributed by atoms with Crippen LogP contribution in [0, 0.1) is 17.8 Å². The zero-order chi connectivity index (χ0) is 45.8. The predicted octanol–water partition coefficient (Wildman–Crippen LogP) is 9.74. The number of esters is 2. The second-order valence-electron chi connectivity index (χ2n) is 19.6. The normalized spacial score (nSPS) is 36.7. The topological polar surface area (TPSA) is 150 Å². The first-order valence-electron chi connectivity index (χ1n) is 24.6. The first kappa shape index (κ1) is 48.5. The Labute approximate surface area is 381 Å². The maximum atomic E-state index is 14.4. The maximum absolute atomic E-state index is 14.4. The highest BCUT2D eigenvalue weighted by Crippen LogP contribution is 2.73. The molecule has 3 bridgehead atoms. The summed E-state index contributed by atoms with van der Waals surface area (Å²) in [5.41, 5.74) is -6.20. The Morgan fingerprint density at radius 1 is 0.844 bits per heavy atom. The number of Topliss-reactive ketones (excluding diaryl/α,β-unsaturated/α-hetero) is 1. The highest BCUT2D eigenvalue weighted by atomic mass is 16.9. The number of aliphatic hydroxyl groups is 2. The Morgan fingerprint density at radius 3 is 2.11 bits per heavy atom. The zero-order valence-corrected chi connectivity index (χ0v) is 39.0. The number of rotatable bonds is 25. The molecule has 0 radical (unpaired) electrons. The van der Waals surface area contributed by atoms with Gasteiger partial charge in [-0.05, 0) is 56.4 Å². The molecule has 64 heavy (non-hydrogen) atoms. The van der Waals surface area contributed by atoms with E-state index in [4.69, 9.17) is 28.4 Å². The molecule has 12 atom stereocenters. The molecule has 3 saturated heterocycles. The Morgan fingerprint density at radius 2 is 1.47 bits per heavy atom. The van der Waals surface area contributed by atoms with E-state index in [9.17, 15) is 24.6 Å². The number of epoxide rings is 1. The summed E-state index contributed by atoms with van der Waals surface area (Å²) >= 11 is 0. The Balaban J connectivity index is 1.13. The van der Waals surface area contributed by atoms with Crippen molar-refractivity contribution in [1.82, 2.24) is 0 Å². The summed E-state index contributed by atoms with van der Waals surface area (Å²) in [5.74, 6) is -6.43. The first-order valence-corrected chi connectivity index (χ1v) is 24.6. The number of ether oxygens (including phenoxy) is 6. The third kappa shape index (κ3) is 8.67. The number of fused-ring (bicyclic) bond motifs is 3. The molecule has 0 unspecified atom stereocenters. The lowest BCUT2D eigenvalue weighted by Gasteiger charge is -2.61. The van der Waals surface area contributed by atoms with Crippen molar-refractivity contribution in [3.63, 3.8) is 0 Å². The van der Waals surface area contributed by atoms with Crippen LogP contribution in [-0.4, -0.2) is 87.3 Å². The molecule has 11 nitrogen and oxygen atoms in total. The third-order valence-electron chi connectivity index (χ3n) is 15.2. The van der Waals surface area contributed by atoms with E-state index in [1.54, 1.807) is 56.3 Å². The molecule has 6 aliphatic rings. The van der Waals surface area contributed by atoms with Gasteiger partial charge >= 0.3 is 17.9 Å². The molecule has 7 rings (SSSR count). The van der Waals surface area contributed by atoms with Crippen LogP contribution in [0.1, 0.15) is 161 Å². The number of unbranched alkanes of at least 4 members (excludes halogenated alkanes) is 15. The highest BCUT2D eigenvalue weighted by molar-refractivity contribution is 6.05. The minimum absolute atomic E-state index is 0.198. The third-order valence-corrected chi connectivity index (χ3v) is 15.2. The van der Waals surface area contributed by atoms with Crippen LogP contribution in [0.25, 0.3) is 0 Å². The summed E-state index contributed by atoms with van der Waals surface area (Å²) in [6.07, 6.45) is 24.0. The number of hydrogen-bond donors (Lipinski definition) is 2. The maximum Gasteiger partial charge on any atom is 0.338 e. The average molecular weight is 887 g/mol. The van der Waals surface area contributed by atoms with Crippen LogP contribution in [0.5, 0.6) is 0 Å². The second-order valence-corrected chi connectivity index (χ2v) is 19.6. The van der Waals surface area contributed by atoms with E-state index >= 15 is 0 Å². The molecule has 3 aliphatic carbocycles. The van der Waals surface area contributed by atoms with Crippen molar-refractivity contribution in [1.29, 1.82) is 0 Å². The molecular formula is C53H74O11. The van der Waals surface area contributed by atoms with Crippen LogP contribution in [-0.2, 0) is 38.0 Å². The van der Waals surface area contributed by atoms with E-state index in [0.29, 0.717) is 17.6 Å². The van der Waals surface area contributed by atoms with Crippen molar-refractivity contribution >= 4 is 17.7 Å². The molecule has 0 spiro atoms. The van der Waals surface area contributed by atoms with Gasteiger partial charge in [0.2, 0.25) is 0 Å². The Bertz CT molecular complexity index is 1920. The van der Waals surface area contributed by atoms with E-state index in [2.05, 4.69) is 26.5 Å². The number of allylic oxidation sites excluding steroid dienone is 3. The first-order chi connectivity index (χ1) is 30.8. The molecule has 1 aromatic carbocycles. The quantitative estimate of drug-likeness (QED) is 0.0318. The minimum Gasteiger partial charge on any atom is -0.462 e. The van der Waals surface area contributed by atoms with Gasteiger partial charge < -0.3 is 38.6 Å². The van der Waals surface area contributed by atoms with Crippen LogP contribution < -0.4 is 0 Å². The van der Waals surface area contributed by atoms with Crippen LogP contribution in [0.15, 0.2) is 78.4 Å². The van der Waals surface area contributed by atoms with E-state index in [1.807, 2.05) is 19.1 Å². The number of aliphatic hydroxyl groups excluding tert-OH is 1. The smallest absolute Gasteiger partial charge is 0.338 e. The number of carbonyl (C=O) groups is 3. The molecule has 0 aromatic heterocycles. The lowest BCUT2D eigenvalue weighted by atomic mass is 9.53. The van der Waals surface area contributed by atoms with Crippen molar-refractivity contribution in [2.75, 3.05) is 6.61 Å². The van der Waals surface area contributed by atoms with Crippen LogP contribution >= 0.6 is 0 Å². The SMILES string of the molecule is C=C(C)[C@@]12O[C@@]3(/C=C/C=C/CCCCC)O[C@@H]1[C@@H]1[C@H]4O[C@@]4(COC(=O)CCCCCCCCCCCCCCC)[C@@H](O)[C@]4(O)C(=O)C(C)=C[C@@H]4[C@@]1(O3)[C@H](C)[C@@H]2OC(=O)c1ccccc1. The summed E-state index contributed by atoms with van der Waals surface area (Å²) in [4.78, 5) is 41.8. The molecule has 1 aromatic rings. The fraction of sp³-hybridized carbons (Fsp3) is 0.679. The Kier molecular flexibility index (Phi) is 15.3. The van der Waals surface area contributed by atoms with Crippen LogP contribution in [0.4, 0.5) is 0 Å². The molecule has 2 saturated carbocycles. The highest BCUT2D eigenvalue weighted by Gasteiger charge is 2.90. The molecule has 3 aliphatic heterocycles. The fourth-order valence-electron chi connectivity index (χ4n) is 11.8. The van der Waals surface area contributed by atoms with Gasteiger partial charge in [-0.15, -0.1) is 0 Å². The van der Waals surface area contributed by atoms with Crippen molar-refractivity contribution in [3.05, 3.63) is 84.0 Å². The minimum atomic E-state index is -2.47. The summed E-state index contributed by atoms with van der Waals surface area (Å²) in [6.45, 7) is 13.7. The lowest BCUT2D eigenvalue weighted by molar-refractivity contribution is -0.407. The number of hydrogen-bond acceptors (Lipinski definition) is 11. The lowest BCUT2D eigenvalue weighted by Crippen LogP contribution is -2.76. The predicted molar refractivity (Wildman–Crippen MR) is 243 cm³/mol. The average Bonchev–Trinajstić information content (AvgIpc) is 3.90. The van der Waals surface area contributed by atoms with Crippen LogP contribution in [0.3, 0.4) is 0 Å². The molecule has 5 fully saturated rings. The van der Waals surface area contributed by atoms with Gasteiger partial charge in [0.1, 0.15) is 31.0 Å². The van der Waals surface area contributed by atoms with Crippen molar-refractivity contribution in [2.24, 2.45) is 17.8 Å². The number of benzene rings is 1. The van der Waals surface area contributed by atoms with Crippen molar-refractivity contribution in [3.8, 4) is 0 Å². The molecular weight excluding hydrogens is 813 g/mol. The molecule has 352 valence electrons.